The number of piperidine rings is 1. The van der Waals surface area contributed by atoms with Crippen molar-refractivity contribution in [2.75, 3.05) is 33.2 Å². The molecule has 1 amide bonds. The van der Waals surface area contributed by atoms with E-state index in [1.165, 1.54) is 6.07 Å². The predicted molar refractivity (Wildman–Crippen MR) is 96.9 cm³/mol. The van der Waals surface area contributed by atoms with E-state index in [-0.39, 0.29) is 10.8 Å². The van der Waals surface area contributed by atoms with Crippen LogP contribution in [0.4, 0.5) is 0 Å². The molecule has 0 bridgehead atoms. The van der Waals surface area contributed by atoms with E-state index in [9.17, 15) is 13.2 Å². The Bertz CT molecular complexity index is 708. The van der Waals surface area contributed by atoms with Gasteiger partial charge in [-0.15, -0.1) is 0 Å². The van der Waals surface area contributed by atoms with Crippen molar-refractivity contribution in [3.63, 3.8) is 0 Å². The van der Waals surface area contributed by atoms with Crippen LogP contribution in [0.3, 0.4) is 0 Å². The number of benzene rings is 1. The van der Waals surface area contributed by atoms with Crippen LogP contribution in [0.15, 0.2) is 29.2 Å². The molecule has 1 aromatic rings. The van der Waals surface area contributed by atoms with E-state index in [1.807, 2.05) is 11.9 Å². The summed E-state index contributed by atoms with van der Waals surface area (Å²) in [6, 6.07) is 6.39. The summed E-state index contributed by atoms with van der Waals surface area (Å²) in [5, 5.41) is 3.18. The molecule has 0 unspecified atom stereocenters. The highest BCUT2D eigenvalue weighted by atomic mass is 32.2. The molecule has 25 heavy (non-hydrogen) atoms. The largest absolute Gasteiger partial charge is 0.339 e. The number of likely N-dealkylation sites (tertiary alicyclic amines) is 1. The lowest BCUT2D eigenvalue weighted by atomic mass is 9.96. The highest BCUT2D eigenvalue weighted by molar-refractivity contribution is 7.89. The zero-order valence-corrected chi connectivity index (χ0v) is 15.5. The first-order valence-corrected chi connectivity index (χ1v) is 10.5. The van der Waals surface area contributed by atoms with E-state index in [4.69, 9.17) is 0 Å². The number of sulfonamides is 1. The first-order chi connectivity index (χ1) is 12.0. The van der Waals surface area contributed by atoms with Crippen LogP contribution in [0, 0.1) is 11.8 Å². The van der Waals surface area contributed by atoms with E-state index in [0.717, 1.165) is 45.3 Å². The summed E-state index contributed by atoms with van der Waals surface area (Å²) in [6.07, 6.45) is 4.14. The van der Waals surface area contributed by atoms with Crippen molar-refractivity contribution in [1.82, 2.24) is 14.9 Å². The summed E-state index contributed by atoms with van der Waals surface area (Å²) >= 11 is 0. The summed E-state index contributed by atoms with van der Waals surface area (Å²) in [5.74, 6) is 0.994. The fourth-order valence-electron chi connectivity index (χ4n) is 3.24. The third-order valence-corrected chi connectivity index (χ3v) is 6.47. The molecule has 1 saturated heterocycles. The minimum Gasteiger partial charge on any atom is -0.339 e. The Labute approximate surface area is 150 Å². The summed E-state index contributed by atoms with van der Waals surface area (Å²) in [5.41, 5.74) is 0.446. The molecule has 0 spiro atoms. The van der Waals surface area contributed by atoms with Crippen molar-refractivity contribution in [3.8, 4) is 0 Å². The van der Waals surface area contributed by atoms with Crippen molar-refractivity contribution < 1.29 is 13.2 Å². The van der Waals surface area contributed by atoms with Crippen molar-refractivity contribution in [2.24, 2.45) is 11.8 Å². The van der Waals surface area contributed by atoms with E-state index >= 15 is 0 Å². The first-order valence-electron chi connectivity index (χ1n) is 9.03. The highest BCUT2D eigenvalue weighted by Gasteiger charge is 2.26. The topological polar surface area (TPSA) is 78.5 Å². The van der Waals surface area contributed by atoms with Crippen LogP contribution in [0.5, 0.6) is 0 Å². The third-order valence-electron chi connectivity index (χ3n) is 5.04. The second-order valence-electron chi connectivity index (χ2n) is 7.12. The lowest BCUT2D eigenvalue weighted by molar-refractivity contribution is 0.0690. The number of amides is 1. The number of carbonyl (C=O) groups is 1. The van der Waals surface area contributed by atoms with Gasteiger partial charge in [0.2, 0.25) is 10.0 Å². The van der Waals surface area contributed by atoms with Gasteiger partial charge >= 0.3 is 0 Å². The van der Waals surface area contributed by atoms with Crippen LogP contribution >= 0.6 is 0 Å². The number of nitrogens with one attached hydrogen (secondary N) is 2. The third kappa shape index (κ3) is 4.80. The van der Waals surface area contributed by atoms with Crippen LogP contribution in [0.1, 0.15) is 36.0 Å². The van der Waals surface area contributed by atoms with E-state index in [0.29, 0.717) is 23.9 Å². The van der Waals surface area contributed by atoms with Crippen LogP contribution in [0.2, 0.25) is 0 Å². The molecule has 2 aliphatic rings. The molecule has 7 heteroatoms. The van der Waals surface area contributed by atoms with Gasteiger partial charge in [0.1, 0.15) is 0 Å². The standard InChI is InChI=1S/C18H27N3O3S/c1-19-12-15-7-9-21(10-8-15)18(22)16-3-2-4-17(11-16)25(23,24)20-13-14-5-6-14/h2-4,11,14-15,19-20H,5-10,12-13H2,1H3. The van der Waals surface area contributed by atoms with Crippen molar-refractivity contribution in [2.45, 2.75) is 30.6 Å². The Morgan fingerprint density at radius 1 is 1.12 bits per heavy atom. The average molecular weight is 365 g/mol. The molecule has 2 N–H and O–H groups in total. The SMILES string of the molecule is CNCC1CCN(C(=O)c2cccc(S(=O)(=O)NCC3CC3)c2)CC1. The molecule has 2 fully saturated rings. The summed E-state index contributed by atoms with van der Waals surface area (Å²) < 4.78 is 27.4. The Morgan fingerprint density at radius 3 is 2.44 bits per heavy atom. The van der Waals surface area contributed by atoms with Gasteiger partial charge in [-0.25, -0.2) is 13.1 Å². The molecular weight excluding hydrogens is 338 g/mol. The fourth-order valence-corrected chi connectivity index (χ4v) is 4.40. The molecule has 1 aromatic carbocycles. The predicted octanol–water partition coefficient (Wildman–Crippen LogP) is 1.45. The lowest BCUT2D eigenvalue weighted by Gasteiger charge is -2.32. The van der Waals surface area contributed by atoms with E-state index in [2.05, 4.69) is 10.0 Å². The summed E-state index contributed by atoms with van der Waals surface area (Å²) in [4.78, 5) is 14.7. The van der Waals surface area contributed by atoms with Gasteiger partial charge in [-0.1, -0.05) is 6.07 Å². The maximum atomic E-state index is 12.7. The summed E-state index contributed by atoms with van der Waals surface area (Å²) in [6.45, 7) is 2.91. The summed E-state index contributed by atoms with van der Waals surface area (Å²) in [7, 11) is -1.60. The number of nitrogens with zero attached hydrogens (tertiary/aromatic N) is 1. The van der Waals surface area contributed by atoms with Gasteiger partial charge in [-0.05, 0) is 69.3 Å². The molecule has 138 valence electrons. The maximum absolute atomic E-state index is 12.7. The Balaban J connectivity index is 1.65. The number of carbonyl (C=O) groups excluding carboxylic acids is 1. The number of hydrogen-bond acceptors (Lipinski definition) is 4. The van der Waals surface area contributed by atoms with Crippen molar-refractivity contribution >= 4 is 15.9 Å². The van der Waals surface area contributed by atoms with Gasteiger partial charge in [-0.3, -0.25) is 4.79 Å². The lowest BCUT2D eigenvalue weighted by Crippen LogP contribution is -2.40. The van der Waals surface area contributed by atoms with Gasteiger partial charge in [0.25, 0.3) is 5.91 Å². The molecule has 0 atom stereocenters. The highest BCUT2D eigenvalue weighted by Crippen LogP contribution is 2.28. The normalized spacial score (nSPS) is 19.2. The van der Waals surface area contributed by atoms with E-state index in [1.54, 1.807) is 18.2 Å². The van der Waals surface area contributed by atoms with E-state index < -0.39 is 10.0 Å². The van der Waals surface area contributed by atoms with Crippen LogP contribution in [-0.2, 0) is 10.0 Å². The molecule has 1 saturated carbocycles. The number of rotatable bonds is 7. The second kappa shape index (κ2) is 7.85. The van der Waals surface area contributed by atoms with Crippen LogP contribution < -0.4 is 10.0 Å². The molecular formula is C18H27N3O3S. The Hall–Kier alpha value is -1.44. The second-order valence-corrected chi connectivity index (χ2v) is 8.88. The van der Waals surface area contributed by atoms with Gasteiger partial charge in [0.05, 0.1) is 4.90 Å². The molecule has 1 aliphatic heterocycles. The smallest absolute Gasteiger partial charge is 0.253 e. The van der Waals surface area contributed by atoms with Gasteiger partial charge < -0.3 is 10.2 Å². The van der Waals surface area contributed by atoms with Crippen molar-refractivity contribution in [1.29, 1.82) is 0 Å². The number of hydrogen-bond donors (Lipinski definition) is 2. The molecule has 0 aromatic heterocycles. The monoisotopic (exact) mass is 365 g/mol. The van der Waals surface area contributed by atoms with Gasteiger partial charge in [-0.2, -0.15) is 0 Å². The average Bonchev–Trinajstić information content (AvgIpc) is 3.45. The van der Waals surface area contributed by atoms with Gasteiger partial charge in [0, 0.05) is 25.2 Å². The zero-order valence-electron chi connectivity index (χ0n) is 14.7. The minimum absolute atomic E-state index is 0.0813. The van der Waals surface area contributed by atoms with Crippen LogP contribution in [-0.4, -0.2) is 52.5 Å². The Morgan fingerprint density at radius 2 is 1.80 bits per heavy atom. The first kappa shape index (κ1) is 18.4. The zero-order chi connectivity index (χ0) is 17.9. The molecule has 1 aliphatic carbocycles. The van der Waals surface area contributed by atoms with Gasteiger partial charge in [0.15, 0.2) is 0 Å². The quantitative estimate of drug-likeness (QED) is 0.767. The van der Waals surface area contributed by atoms with Crippen molar-refractivity contribution in [3.05, 3.63) is 29.8 Å². The molecule has 6 nitrogen and oxygen atoms in total. The molecule has 1 heterocycles. The fraction of sp³-hybridized carbons (Fsp3) is 0.611. The molecule has 0 radical (unpaired) electrons. The van der Waals surface area contributed by atoms with Crippen LogP contribution in [0.25, 0.3) is 0 Å². The molecule has 3 rings (SSSR count). The minimum atomic E-state index is -3.55. The maximum Gasteiger partial charge on any atom is 0.253 e. The Kier molecular flexibility index (Phi) is 5.76.